The van der Waals surface area contributed by atoms with Crippen LogP contribution in [0.5, 0.6) is 5.75 Å². The minimum absolute atomic E-state index is 0.173. The van der Waals surface area contributed by atoms with Crippen molar-refractivity contribution in [2.75, 3.05) is 19.8 Å². The fourth-order valence-corrected chi connectivity index (χ4v) is 5.26. The summed E-state index contributed by atoms with van der Waals surface area (Å²) in [4.78, 5) is 24.7. The number of benzene rings is 2. The maximum absolute atomic E-state index is 12.5. The van der Waals surface area contributed by atoms with Crippen LogP contribution >= 0.6 is 0 Å². The monoisotopic (exact) mass is 562 g/mol. The molecule has 2 aromatic carbocycles. The molecule has 2 aromatic rings. The molecule has 0 radical (unpaired) electrons. The van der Waals surface area contributed by atoms with Crippen LogP contribution in [0.25, 0.3) is 11.1 Å². The third-order valence-corrected chi connectivity index (χ3v) is 8.27. The van der Waals surface area contributed by atoms with Crippen LogP contribution < -0.4 is 4.74 Å². The quantitative estimate of drug-likeness (QED) is 0.0699. The second-order valence-corrected chi connectivity index (χ2v) is 11.5. The summed E-state index contributed by atoms with van der Waals surface area (Å²) in [6, 6.07) is 17.4. The molecule has 0 amide bonds. The number of carbonyl (C=O) groups excluding carboxylic acids is 2. The van der Waals surface area contributed by atoms with Gasteiger partial charge in [-0.05, 0) is 67.3 Å². The van der Waals surface area contributed by atoms with Crippen molar-refractivity contribution in [2.24, 2.45) is 17.3 Å². The van der Waals surface area contributed by atoms with Crippen molar-refractivity contribution >= 4 is 11.9 Å². The van der Waals surface area contributed by atoms with Crippen LogP contribution in [0, 0.1) is 17.3 Å². The van der Waals surface area contributed by atoms with Gasteiger partial charge in [0, 0.05) is 5.92 Å². The van der Waals surface area contributed by atoms with Gasteiger partial charge in [0.05, 0.1) is 19.8 Å². The van der Waals surface area contributed by atoms with Crippen LogP contribution in [0.2, 0.25) is 0 Å². The molecule has 41 heavy (non-hydrogen) atoms. The Bertz CT molecular complexity index is 1070. The molecule has 0 N–H and O–H groups in total. The van der Waals surface area contributed by atoms with Gasteiger partial charge >= 0.3 is 11.9 Å². The van der Waals surface area contributed by atoms with E-state index in [1.54, 1.807) is 13.0 Å². The molecule has 0 saturated heterocycles. The van der Waals surface area contributed by atoms with Gasteiger partial charge < -0.3 is 14.2 Å². The molecule has 5 heteroatoms. The maximum atomic E-state index is 12.5. The fraction of sp³-hybridized carbons (Fsp3) is 0.556. The van der Waals surface area contributed by atoms with E-state index in [9.17, 15) is 9.59 Å². The lowest BCUT2D eigenvalue weighted by molar-refractivity contribution is -0.165. The molecule has 1 aliphatic rings. The summed E-state index contributed by atoms with van der Waals surface area (Å²) in [5, 5.41) is 0. The summed E-state index contributed by atoms with van der Waals surface area (Å²) in [5.74, 6) is 0.541. The van der Waals surface area contributed by atoms with E-state index in [4.69, 9.17) is 14.2 Å². The molecule has 3 atom stereocenters. The molecule has 1 saturated carbocycles. The highest BCUT2D eigenvalue weighted by Gasteiger charge is 2.67. The Balaban J connectivity index is 1.19. The summed E-state index contributed by atoms with van der Waals surface area (Å²) in [7, 11) is 0. The Kier molecular flexibility index (Phi) is 13.5. The number of esters is 2. The van der Waals surface area contributed by atoms with Crippen LogP contribution in [0.3, 0.4) is 0 Å². The first-order valence-corrected chi connectivity index (χ1v) is 15.7. The van der Waals surface area contributed by atoms with Gasteiger partial charge in [-0.25, -0.2) is 0 Å². The Morgan fingerprint density at radius 2 is 1.37 bits per heavy atom. The average Bonchev–Trinajstić information content (AvgIpc) is 3.75. The van der Waals surface area contributed by atoms with Crippen molar-refractivity contribution in [1.29, 1.82) is 0 Å². The van der Waals surface area contributed by atoms with E-state index in [0.29, 0.717) is 13.0 Å². The Morgan fingerprint density at radius 3 is 1.90 bits per heavy atom. The zero-order chi connectivity index (χ0) is 29.5. The Hall–Kier alpha value is -3.08. The maximum Gasteiger partial charge on any atom is 0.324 e. The number of unbranched alkanes of at least 4 members (excludes halogenated alkanes) is 7. The van der Waals surface area contributed by atoms with Crippen LogP contribution in [-0.4, -0.2) is 31.8 Å². The molecular weight excluding hydrogens is 512 g/mol. The summed E-state index contributed by atoms with van der Waals surface area (Å²) in [6.45, 7) is 11.4. The van der Waals surface area contributed by atoms with Crippen molar-refractivity contribution in [3.05, 3.63) is 66.7 Å². The van der Waals surface area contributed by atoms with Crippen LogP contribution in [-0.2, 0) is 25.5 Å². The highest BCUT2D eigenvalue weighted by molar-refractivity contribution is 6.04. The van der Waals surface area contributed by atoms with E-state index in [1.165, 1.54) is 48.8 Å². The molecule has 0 heterocycles. The van der Waals surface area contributed by atoms with Crippen molar-refractivity contribution in [3.8, 4) is 16.9 Å². The number of hydrogen-bond acceptors (Lipinski definition) is 5. The second kappa shape index (κ2) is 17.0. The smallest absolute Gasteiger partial charge is 0.324 e. The van der Waals surface area contributed by atoms with Gasteiger partial charge in [0.1, 0.15) is 5.75 Å². The number of allylic oxidation sites excluding steroid dienone is 1. The lowest BCUT2D eigenvalue weighted by Crippen LogP contribution is -2.31. The molecular formula is C36H50O5. The second-order valence-electron chi connectivity index (χ2n) is 11.5. The molecule has 3 rings (SSSR count). The van der Waals surface area contributed by atoms with Gasteiger partial charge in [0.15, 0.2) is 5.41 Å². The minimum atomic E-state index is -1.15. The summed E-state index contributed by atoms with van der Waals surface area (Å²) in [6.07, 6.45) is 13.2. The fourth-order valence-electron chi connectivity index (χ4n) is 5.26. The predicted molar refractivity (Wildman–Crippen MR) is 166 cm³/mol. The van der Waals surface area contributed by atoms with Crippen LogP contribution in [0.1, 0.15) is 90.5 Å². The SMILES string of the molecule is C=CC1CC1(C(=O)OCC)C(=O)OCCCCCCCCCCOc1ccc(-c2ccc(CC(C)CC)cc2)cc1. The van der Waals surface area contributed by atoms with Gasteiger partial charge in [-0.3, -0.25) is 9.59 Å². The van der Waals surface area contributed by atoms with E-state index >= 15 is 0 Å². The van der Waals surface area contributed by atoms with E-state index in [1.807, 2.05) is 0 Å². The van der Waals surface area contributed by atoms with E-state index in [-0.39, 0.29) is 12.5 Å². The predicted octanol–water partition coefficient (Wildman–Crippen LogP) is 8.74. The standard InChI is InChI=1S/C36H50O5/c1-5-28(4)26-29-16-18-30(19-17-29)31-20-22-33(23-21-31)40-24-14-12-10-8-9-11-13-15-25-41-35(38)36(27-32(36)6-2)34(37)39-7-3/h6,16-23,28,32H,2,5,7-15,24-27H2,1,3-4H3. The molecule has 3 unspecified atom stereocenters. The molecule has 1 aliphatic carbocycles. The first-order valence-electron chi connectivity index (χ1n) is 15.7. The van der Waals surface area contributed by atoms with Crippen molar-refractivity contribution in [2.45, 2.75) is 91.4 Å². The van der Waals surface area contributed by atoms with E-state index in [2.05, 4.69) is 69.0 Å². The first kappa shape index (κ1) is 32.4. The number of ether oxygens (including phenoxy) is 3. The van der Waals surface area contributed by atoms with Crippen molar-refractivity contribution in [3.63, 3.8) is 0 Å². The molecule has 0 aromatic heterocycles. The summed E-state index contributed by atoms with van der Waals surface area (Å²) in [5.41, 5.74) is 2.72. The third-order valence-electron chi connectivity index (χ3n) is 8.27. The first-order chi connectivity index (χ1) is 19.9. The Morgan fingerprint density at radius 1 is 0.829 bits per heavy atom. The Labute approximate surface area is 247 Å². The zero-order valence-electron chi connectivity index (χ0n) is 25.5. The molecule has 224 valence electrons. The van der Waals surface area contributed by atoms with Gasteiger partial charge in [-0.2, -0.15) is 0 Å². The van der Waals surface area contributed by atoms with Crippen LogP contribution in [0.15, 0.2) is 61.2 Å². The van der Waals surface area contributed by atoms with Gasteiger partial charge in [-0.15, -0.1) is 6.58 Å². The van der Waals surface area contributed by atoms with E-state index in [0.717, 1.165) is 50.4 Å². The lowest BCUT2D eigenvalue weighted by Gasteiger charge is -2.14. The molecule has 0 bridgehead atoms. The van der Waals surface area contributed by atoms with E-state index < -0.39 is 17.4 Å². The largest absolute Gasteiger partial charge is 0.494 e. The third kappa shape index (κ3) is 9.76. The normalized spacial score (nSPS) is 18.4. The van der Waals surface area contributed by atoms with Gasteiger partial charge in [-0.1, -0.05) is 101 Å². The van der Waals surface area contributed by atoms with Gasteiger partial charge in [0.25, 0.3) is 0 Å². The molecule has 0 aliphatic heterocycles. The minimum Gasteiger partial charge on any atom is -0.494 e. The summed E-state index contributed by atoms with van der Waals surface area (Å²) >= 11 is 0. The number of carbonyl (C=O) groups is 2. The topological polar surface area (TPSA) is 61.8 Å². The highest BCUT2D eigenvalue weighted by Crippen LogP contribution is 2.55. The van der Waals surface area contributed by atoms with Crippen LogP contribution in [0.4, 0.5) is 0 Å². The molecule has 5 nitrogen and oxygen atoms in total. The van der Waals surface area contributed by atoms with Crippen molar-refractivity contribution < 1.29 is 23.8 Å². The van der Waals surface area contributed by atoms with Crippen molar-refractivity contribution in [1.82, 2.24) is 0 Å². The van der Waals surface area contributed by atoms with Gasteiger partial charge in [0.2, 0.25) is 0 Å². The highest BCUT2D eigenvalue weighted by atomic mass is 16.6. The molecule has 0 spiro atoms. The molecule has 1 fully saturated rings. The summed E-state index contributed by atoms with van der Waals surface area (Å²) < 4.78 is 16.5. The lowest BCUT2D eigenvalue weighted by atomic mass is 9.97. The zero-order valence-corrected chi connectivity index (χ0v) is 25.5. The average molecular weight is 563 g/mol. The number of rotatable bonds is 20. The number of hydrogen-bond donors (Lipinski definition) is 0.